The number of aromatic nitrogens is 1. The fraction of sp³-hybridized carbons (Fsp3) is 0.400. The zero-order valence-corrected chi connectivity index (χ0v) is 11.2. The number of fused-ring (bicyclic) bond motifs is 1. The summed E-state index contributed by atoms with van der Waals surface area (Å²) in [6.45, 7) is 7.67. The molecule has 2 aromatic rings. The van der Waals surface area contributed by atoms with E-state index < -0.39 is 0 Å². The van der Waals surface area contributed by atoms with Crippen LogP contribution < -0.4 is 10.1 Å². The minimum absolute atomic E-state index is 0.450. The Morgan fingerprint density at radius 3 is 2.78 bits per heavy atom. The van der Waals surface area contributed by atoms with Crippen LogP contribution in [-0.2, 0) is 6.54 Å². The number of hydrogen-bond donors (Lipinski definition) is 1. The van der Waals surface area contributed by atoms with E-state index >= 15 is 0 Å². The number of nitrogens with zero attached hydrogens (tertiary/aromatic N) is 1. The summed E-state index contributed by atoms with van der Waals surface area (Å²) < 4.78 is 5.63. The first-order valence-electron chi connectivity index (χ1n) is 6.45. The van der Waals surface area contributed by atoms with Crippen LogP contribution in [0.2, 0.25) is 0 Å². The third-order valence-electron chi connectivity index (χ3n) is 2.75. The molecule has 3 nitrogen and oxygen atoms in total. The second kappa shape index (κ2) is 5.83. The van der Waals surface area contributed by atoms with Gasteiger partial charge in [0.15, 0.2) is 0 Å². The van der Waals surface area contributed by atoms with Gasteiger partial charge in [0.2, 0.25) is 5.88 Å². The van der Waals surface area contributed by atoms with Crippen molar-refractivity contribution in [2.24, 2.45) is 0 Å². The zero-order chi connectivity index (χ0) is 13.0. The van der Waals surface area contributed by atoms with Crippen molar-refractivity contribution in [2.45, 2.75) is 33.4 Å². The van der Waals surface area contributed by atoms with E-state index in [2.05, 4.69) is 36.3 Å². The van der Waals surface area contributed by atoms with E-state index in [1.54, 1.807) is 0 Å². The number of rotatable bonds is 5. The van der Waals surface area contributed by atoms with Gasteiger partial charge in [-0.15, -0.1) is 0 Å². The zero-order valence-electron chi connectivity index (χ0n) is 11.2. The van der Waals surface area contributed by atoms with E-state index in [1.165, 1.54) is 0 Å². The van der Waals surface area contributed by atoms with Crippen molar-refractivity contribution < 1.29 is 4.74 Å². The predicted molar refractivity (Wildman–Crippen MR) is 74.9 cm³/mol. The van der Waals surface area contributed by atoms with Crippen molar-refractivity contribution in [3.8, 4) is 5.88 Å². The van der Waals surface area contributed by atoms with E-state index in [0.717, 1.165) is 28.9 Å². The van der Waals surface area contributed by atoms with Crippen molar-refractivity contribution in [1.29, 1.82) is 0 Å². The molecule has 0 saturated carbocycles. The third kappa shape index (κ3) is 2.99. The molecule has 0 saturated heterocycles. The second-order valence-electron chi connectivity index (χ2n) is 4.61. The van der Waals surface area contributed by atoms with Gasteiger partial charge in [-0.3, -0.25) is 0 Å². The molecule has 0 atom stereocenters. The van der Waals surface area contributed by atoms with Gasteiger partial charge in [0.1, 0.15) is 0 Å². The summed E-state index contributed by atoms with van der Waals surface area (Å²) in [6, 6.07) is 10.7. The molecule has 1 heterocycles. The van der Waals surface area contributed by atoms with Crippen molar-refractivity contribution in [1.82, 2.24) is 10.3 Å². The number of para-hydroxylation sites is 1. The highest BCUT2D eigenvalue weighted by atomic mass is 16.5. The molecule has 3 heteroatoms. The van der Waals surface area contributed by atoms with Crippen LogP contribution in [0.15, 0.2) is 30.3 Å². The van der Waals surface area contributed by atoms with Crippen LogP contribution in [0, 0.1) is 0 Å². The molecule has 0 fully saturated rings. The lowest BCUT2D eigenvalue weighted by Gasteiger charge is -2.13. The lowest BCUT2D eigenvalue weighted by molar-refractivity contribution is 0.322. The van der Waals surface area contributed by atoms with Crippen molar-refractivity contribution in [3.05, 3.63) is 35.9 Å². The van der Waals surface area contributed by atoms with Gasteiger partial charge in [-0.05, 0) is 19.1 Å². The quantitative estimate of drug-likeness (QED) is 0.877. The molecule has 0 amide bonds. The highest BCUT2D eigenvalue weighted by Gasteiger charge is 2.08. The Bertz CT molecular complexity index is 523. The Morgan fingerprint density at radius 1 is 1.28 bits per heavy atom. The maximum Gasteiger partial charge on any atom is 0.218 e. The lowest BCUT2D eigenvalue weighted by atomic mass is 10.1. The fourth-order valence-corrected chi connectivity index (χ4v) is 1.84. The van der Waals surface area contributed by atoms with Crippen LogP contribution in [-0.4, -0.2) is 17.6 Å². The molecule has 0 spiro atoms. The summed E-state index contributed by atoms with van der Waals surface area (Å²) in [7, 11) is 0. The van der Waals surface area contributed by atoms with Gasteiger partial charge in [-0.1, -0.05) is 32.0 Å². The Morgan fingerprint density at radius 2 is 2.06 bits per heavy atom. The molecule has 1 aromatic heterocycles. The summed E-state index contributed by atoms with van der Waals surface area (Å²) in [6.07, 6.45) is 0. The molecular formula is C15H20N2O. The van der Waals surface area contributed by atoms with Gasteiger partial charge < -0.3 is 10.1 Å². The number of hydrogen-bond acceptors (Lipinski definition) is 3. The maximum atomic E-state index is 5.63. The molecule has 18 heavy (non-hydrogen) atoms. The van der Waals surface area contributed by atoms with E-state index in [4.69, 9.17) is 4.74 Å². The predicted octanol–water partition coefficient (Wildman–Crippen LogP) is 3.13. The number of nitrogens with one attached hydrogen (secondary N) is 1. The standard InChI is InChI=1S/C15H20N2O/c1-4-18-15-13(10-16-11(2)3)9-12-7-5-6-8-14(12)17-15/h5-9,11,16H,4,10H2,1-3H3. The van der Waals surface area contributed by atoms with E-state index in [-0.39, 0.29) is 0 Å². The highest BCUT2D eigenvalue weighted by molar-refractivity contribution is 5.80. The molecule has 1 aromatic carbocycles. The van der Waals surface area contributed by atoms with Gasteiger partial charge in [-0.2, -0.15) is 0 Å². The molecule has 0 radical (unpaired) electrons. The third-order valence-corrected chi connectivity index (χ3v) is 2.75. The SMILES string of the molecule is CCOc1nc2ccccc2cc1CNC(C)C. The normalized spacial score (nSPS) is 11.1. The number of benzene rings is 1. The minimum Gasteiger partial charge on any atom is -0.478 e. The minimum atomic E-state index is 0.450. The van der Waals surface area contributed by atoms with Gasteiger partial charge in [0, 0.05) is 23.5 Å². The summed E-state index contributed by atoms with van der Waals surface area (Å²) in [4.78, 5) is 4.58. The van der Waals surface area contributed by atoms with E-state index in [9.17, 15) is 0 Å². The molecular weight excluding hydrogens is 224 g/mol. The first-order valence-corrected chi connectivity index (χ1v) is 6.45. The largest absolute Gasteiger partial charge is 0.478 e. The summed E-state index contributed by atoms with van der Waals surface area (Å²) >= 11 is 0. The van der Waals surface area contributed by atoms with Crippen LogP contribution in [0.5, 0.6) is 5.88 Å². The summed E-state index contributed by atoms with van der Waals surface area (Å²) in [5.41, 5.74) is 2.10. The van der Waals surface area contributed by atoms with Crippen molar-refractivity contribution in [3.63, 3.8) is 0 Å². The molecule has 0 aliphatic heterocycles. The number of ether oxygens (including phenoxy) is 1. The Kier molecular flexibility index (Phi) is 4.15. The molecule has 0 bridgehead atoms. The monoisotopic (exact) mass is 244 g/mol. The van der Waals surface area contributed by atoms with Gasteiger partial charge >= 0.3 is 0 Å². The smallest absolute Gasteiger partial charge is 0.218 e. The molecule has 0 aliphatic rings. The molecule has 0 unspecified atom stereocenters. The highest BCUT2D eigenvalue weighted by Crippen LogP contribution is 2.22. The average molecular weight is 244 g/mol. The average Bonchev–Trinajstić information content (AvgIpc) is 2.36. The van der Waals surface area contributed by atoms with Gasteiger partial charge in [-0.25, -0.2) is 4.98 Å². The lowest BCUT2D eigenvalue weighted by Crippen LogP contribution is -2.22. The topological polar surface area (TPSA) is 34.1 Å². The van der Waals surface area contributed by atoms with E-state index in [1.807, 2.05) is 25.1 Å². The Hall–Kier alpha value is -1.61. The van der Waals surface area contributed by atoms with Crippen molar-refractivity contribution >= 4 is 10.9 Å². The molecule has 2 rings (SSSR count). The molecule has 0 aliphatic carbocycles. The van der Waals surface area contributed by atoms with Crippen LogP contribution >= 0.6 is 0 Å². The first kappa shape index (κ1) is 12.8. The molecule has 1 N–H and O–H groups in total. The van der Waals surface area contributed by atoms with Crippen LogP contribution in [0.1, 0.15) is 26.3 Å². The Balaban J connectivity index is 2.37. The fourth-order valence-electron chi connectivity index (χ4n) is 1.84. The molecule has 96 valence electrons. The summed E-state index contributed by atoms with van der Waals surface area (Å²) in [5.74, 6) is 0.740. The maximum absolute atomic E-state index is 5.63. The second-order valence-corrected chi connectivity index (χ2v) is 4.61. The van der Waals surface area contributed by atoms with Gasteiger partial charge in [0.05, 0.1) is 12.1 Å². The summed E-state index contributed by atoms with van der Waals surface area (Å²) in [5, 5.41) is 4.56. The first-order chi connectivity index (χ1) is 8.70. The van der Waals surface area contributed by atoms with Crippen LogP contribution in [0.25, 0.3) is 10.9 Å². The Labute approximate surface area is 108 Å². The van der Waals surface area contributed by atoms with Crippen LogP contribution in [0.4, 0.5) is 0 Å². The van der Waals surface area contributed by atoms with Crippen LogP contribution in [0.3, 0.4) is 0 Å². The number of pyridine rings is 1. The van der Waals surface area contributed by atoms with E-state index in [0.29, 0.717) is 12.6 Å². The van der Waals surface area contributed by atoms with Crippen molar-refractivity contribution in [2.75, 3.05) is 6.61 Å². The van der Waals surface area contributed by atoms with Gasteiger partial charge in [0.25, 0.3) is 0 Å².